The second-order valence-electron chi connectivity index (χ2n) is 9.01. The van der Waals surface area contributed by atoms with Gasteiger partial charge < -0.3 is 0 Å². The minimum absolute atomic E-state index is 0.00624. The first kappa shape index (κ1) is 17.0. The van der Waals surface area contributed by atoms with Crippen LogP contribution in [0, 0.1) is 23.2 Å². The number of fused-ring (bicyclic) bond motifs is 1. The zero-order valence-electron chi connectivity index (χ0n) is 16.2. The molecule has 5 nitrogen and oxygen atoms in total. The fraction of sp³-hybridized carbons (Fsp3) is 0.591. The third-order valence-corrected chi connectivity index (χ3v) is 7.31. The molecule has 0 unspecified atom stereocenters. The maximum atomic E-state index is 12.8. The predicted molar refractivity (Wildman–Crippen MR) is 109 cm³/mol. The molecule has 4 aliphatic rings. The summed E-state index contributed by atoms with van der Waals surface area (Å²) in [6.45, 7) is 4.72. The third kappa shape index (κ3) is 2.70. The number of anilines is 1. The van der Waals surface area contributed by atoms with Crippen LogP contribution in [0.3, 0.4) is 0 Å². The number of hydrazone groups is 1. The Labute approximate surface area is 159 Å². The van der Waals surface area contributed by atoms with Crippen molar-refractivity contribution < 1.29 is 0 Å². The summed E-state index contributed by atoms with van der Waals surface area (Å²) in [5.74, 6) is 3.24. The van der Waals surface area contributed by atoms with Crippen molar-refractivity contribution in [2.24, 2.45) is 28.3 Å². The molecule has 0 radical (unpaired) electrons. The largest absolute Gasteiger partial charge is 0.277 e. The molecule has 4 fully saturated rings. The highest BCUT2D eigenvalue weighted by molar-refractivity contribution is 5.89. The van der Waals surface area contributed by atoms with Crippen LogP contribution in [-0.4, -0.2) is 15.3 Å². The van der Waals surface area contributed by atoms with Crippen LogP contribution in [0.2, 0.25) is 0 Å². The summed E-state index contributed by atoms with van der Waals surface area (Å²) in [6, 6.07) is 7.52. The molecular weight excluding hydrogens is 336 g/mol. The molecule has 4 bridgehead atoms. The monoisotopic (exact) mass is 364 g/mol. The van der Waals surface area contributed by atoms with Gasteiger partial charge in [-0.2, -0.15) is 5.10 Å². The summed E-state index contributed by atoms with van der Waals surface area (Å²) in [7, 11) is 0. The molecule has 27 heavy (non-hydrogen) atoms. The van der Waals surface area contributed by atoms with Crippen molar-refractivity contribution in [2.45, 2.75) is 58.9 Å². The van der Waals surface area contributed by atoms with Gasteiger partial charge in [-0.25, -0.2) is 10.4 Å². The summed E-state index contributed by atoms with van der Waals surface area (Å²) in [4.78, 5) is 17.5. The van der Waals surface area contributed by atoms with E-state index in [1.165, 1.54) is 44.2 Å². The Hall–Kier alpha value is -2.17. The highest BCUT2D eigenvalue weighted by atomic mass is 16.1. The number of nitrogens with one attached hydrogen (secondary N) is 1. The molecule has 142 valence electrons. The number of benzene rings is 1. The smallest absolute Gasteiger partial charge is 0.262 e. The van der Waals surface area contributed by atoms with E-state index < -0.39 is 0 Å². The quantitative estimate of drug-likeness (QED) is 0.645. The maximum Gasteiger partial charge on any atom is 0.262 e. The zero-order chi connectivity index (χ0) is 18.6. The Kier molecular flexibility index (Phi) is 3.88. The summed E-state index contributed by atoms with van der Waals surface area (Å²) < 4.78 is 1.68. The van der Waals surface area contributed by atoms with Crippen LogP contribution in [0.1, 0.15) is 52.4 Å². The van der Waals surface area contributed by atoms with Crippen LogP contribution in [0.25, 0.3) is 10.9 Å². The van der Waals surface area contributed by atoms with Gasteiger partial charge in [0, 0.05) is 17.7 Å². The van der Waals surface area contributed by atoms with E-state index in [4.69, 9.17) is 5.10 Å². The Morgan fingerprint density at radius 1 is 1.19 bits per heavy atom. The first-order chi connectivity index (χ1) is 13.1. The topological polar surface area (TPSA) is 59.3 Å². The third-order valence-electron chi connectivity index (χ3n) is 7.31. The molecule has 1 heterocycles. The van der Waals surface area contributed by atoms with Crippen LogP contribution >= 0.6 is 0 Å². The van der Waals surface area contributed by atoms with Crippen LogP contribution in [0.15, 0.2) is 34.2 Å². The average molecular weight is 364 g/mol. The molecule has 1 aromatic carbocycles. The maximum absolute atomic E-state index is 12.8. The molecule has 0 spiro atoms. The highest BCUT2D eigenvalue weighted by Gasteiger charge is 2.52. The summed E-state index contributed by atoms with van der Waals surface area (Å²) in [6.07, 6.45) is 8.18. The average Bonchev–Trinajstić information content (AvgIpc) is 2.65. The minimum Gasteiger partial charge on any atom is -0.277 e. The Bertz CT molecular complexity index is 939. The molecule has 2 aromatic rings. The van der Waals surface area contributed by atoms with Crippen LogP contribution in [0.5, 0.6) is 0 Å². The fourth-order valence-electron chi connectivity index (χ4n) is 6.35. The van der Waals surface area contributed by atoms with Crippen molar-refractivity contribution in [2.75, 3.05) is 5.43 Å². The van der Waals surface area contributed by atoms with Gasteiger partial charge >= 0.3 is 0 Å². The van der Waals surface area contributed by atoms with Crippen LogP contribution < -0.4 is 11.0 Å². The number of para-hydroxylation sites is 1. The first-order valence-electron chi connectivity index (χ1n) is 10.4. The van der Waals surface area contributed by atoms with Gasteiger partial charge in [-0.3, -0.25) is 9.36 Å². The number of hydrogen-bond acceptors (Lipinski definition) is 4. The summed E-state index contributed by atoms with van der Waals surface area (Å²) in [5.41, 5.74) is 5.35. The van der Waals surface area contributed by atoms with Crippen molar-refractivity contribution in [3.63, 3.8) is 0 Å². The SMILES string of the molecule is CCn1c(N/N=C(/C)C23CC4CC(CC(C4)C2)C3)nc2ccccc2c1=O. The van der Waals surface area contributed by atoms with Gasteiger partial charge in [-0.15, -0.1) is 0 Å². The molecular formula is C22H28N4O. The molecule has 1 aromatic heterocycles. The zero-order valence-corrected chi connectivity index (χ0v) is 16.2. The van der Waals surface area contributed by atoms with E-state index in [2.05, 4.69) is 17.3 Å². The van der Waals surface area contributed by atoms with E-state index in [0.29, 0.717) is 17.9 Å². The second-order valence-corrected chi connectivity index (χ2v) is 9.01. The Balaban J connectivity index is 1.48. The van der Waals surface area contributed by atoms with Crippen molar-refractivity contribution >= 4 is 22.6 Å². The van der Waals surface area contributed by atoms with Gasteiger partial charge in [0.25, 0.3) is 5.56 Å². The Morgan fingerprint density at radius 3 is 2.44 bits per heavy atom. The summed E-state index contributed by atoms with van der Waals surface area (Å²) in [5, 5.41) is 5.44. The molecule has 0 atom stereocenters. The molecule has 4 saturated carbocycles. The van der Waals surface area contributed by atoms with Gasteiger partial charge in [0.2, 0.25) is 5.95 Å². The standard InChI is InChI=1S/C22H28N4O/c1-3-26-20(27)18-6-4-5-7-19(18)23-21(26)25-24-14(2)22-11-15-8-16(12-22)10-17(9-15)13-22/h4-7,15-17H,3,8-13H2,1-2H3,(H,23,25)/b24-14-. The molecule has 6 rings (SSSR count). The van der Waals surface area contributed by atoms with Gasteiger partial charge in [-0.1, -0.05) is 12.1 Å². The van der Waals surface area contributed by atoms with Crippen molar-refractivity contribution in [1.82, 2.24) is 9.55 Å². The van der Waals surface area contributed by atoms with E-state index in [9.17, 15) is 4.79 Å². The number of aromatic nitrogens is 2. The summed E-state index contributed by atoms with van der Waals surface area (Å²) >= 11 is 0. The predicted octanol–water partition coefficient (Wildman–Crippen LogP) is 4.42. The Morgan fingerprint density at radius 2 is 1.81 bits per heavy atom. The number of rotatable bonds is 4. The normalized spacial score (nSPS) is 32.2. The lowest BCUT2D eigenvalue weighted by molar-refractivity contribution is -0.0126. The van der Waals surface area contributed by atoms with Crippen LogP contribution in [0.4, 0.5) is 5.95 Å². The van der Waals surface area contributed by atoms with Gasteiger partial charge in [-0.05, 0) is 82.3 Å². The van der Waals surface area contributed by atoms with E-state index in [-0.39, 0.29) is 11.0 Å². The first-order valence-corrected chi connectivity index (χ1v) is 10.4. The van der Waals surface area contributed by atoms with E-state index in [1.807, 2.05) is 31.2 Å². The van der Waals surface area contributed by atoms with Gasteiger partial charge in [0.1, 0.15) is 0 Å². The lowest BCUT2D eigenvalue weighted by Gasteiger charge is -2.56. The number of nitrogens with zero attached hydrogens (tertiary/aromatic N) is 3. The van der Waals surface area contributed by atoms with Gasteiger partial charge in [0.05, 0.1) is 10.9 Å². The molecule has 1 N–H and O–H groups in total. The minimum atomic E-state index is -0.00624. The lowest BCUT2D eigenvalue weighted by Crippen LogP contribution is -2.49. The molecule has 4 aliphatic carbocycles. The van der Waals surface area contributed by atoms with Crippen LogP contribution in [-0.2, 0) is 6.54 Å². The van der Waals surface area contributed by atoms with E-state index >= 15 is 0 Å². The van der Waals surface area contributed by atoms with E-state index in [1.54, 1.807) is 4.57 Å². The van der Waals surface area contributed by atoms with Crippen molar-refractivity contribution in [3.8, 4) is 0 Å². The molecule has 0 amide bonds. The lowest BCUT2D eigenvalue weighted by atomic mass is 9.48. The second kappa shape index (κ2) is 6.18. The molecule has 5 heteroatoms. The van der Waals surface area contributed by atoms with Gasteiger partial charge in [0.15, 0.2) is 0 Å². The van der Waals surface area contributed by atoms with Crippen molar-refractivity contribution in [3.05, 3.63) is 34.6 Å². The fourth-order valence-corrected chi connectivity index (χ4v) is 6.35. The van der Waals surface area contributed by atoms with Crippen molar-refractivity contribution in [1.29, 1.82) is 0 Å². The molecule has 0 saturated heterocycles. The highest BCUT2D eigenvalue weighted by Crippen LogP contribution is 2.60. The molecule has 0 aliphatic heterocycles. The van der Waals surface area contributed by atoms with E-state index in [0.717, 1.165) is 23.3 Å². The number of hydrogen-bond donors (Lipinski definition) is 1.